The molecule has 0 atom stereocenters. The van der Waals surface area contributed by atoms with Crippen LogP contribution in [0.4, 0.5) is 0 Å². The summed E-state index contributed by atoms with van der Waals surface area (Å²) < 4.78 is 41.2. The van der Waals surface area contributed by atoms with E-state index in [0.717, 1.165) is 0 Å². The molecule has 9 heteroatoms. The minimum atomic E-state index is -3.92. The molecular weight excluding hydrogens is 315 g/mol. The van der Waals surface area contributed by atoms with Crippen LogP contribution in [-0.4, -0.2) is 40.6 Å². The summed E-state index contributed by atoms with van der Waals surface area (Å²) in [5.74, 6) is 0. The molecule has 0 rings (SSSR count). The second-order valence-electron chi connectivity index (χ2n) is 1.48. The topological polar surface area (TPSA) is 84.9 Å². The van der Waals surface area contributed by atoms with Crippen LogP contribution < -0.4 is 0 Å². The smallest absolute Gasteiger partial charge is 0.748 e. The maximum absolute atomic E-state index is 9.08. The molecule has 0 saturated carbocycles. The van der Waals surface area contributed by atoms with Crippen LogP contribution >= 0.6 is 8.60 Å². The Bertz CT molecular complexity index is 166. The Morgan fingerprint density at radius 3 is 1.23 bits per heavy atom. The molecule has 0 N–H and O–H groups in total. The number of rotatable bonds is 3. The molecule has 0 unspecified atom stereocenters. The predicted octanol–water partition coefficient (Wildman–Crippen LogP) is 0.311. The van der Waals surface area contributed by atoms with Gasteiger partial charge in [0.25, 0.3) is 0 Å². The van der Waals surface area contributed by atoms with Gasteiger partial charge in [0, 0.05) is 27.6 Å². The first-order valence-electron chi connectivity index (χ1n) is 2.68. The molecule has 0 aromatic carbocycles. The Morgan fingerprint density at radius 2 is 1.23 bits per heavy atom. The molecule has 0 aliphatic heterocycles. The van der Waals surface area contributed by atoms with Crippen molar-refractivity contribution in [1.29, 1.82) is 0 Å². The second kappa shape index (κ2) is 11.0. The van der Waals surface area contributed by atoms with E-state index in [-0.39, 0.29) is 22.4 Å². The SMILES string of the molecule is COP(OC)OC.CS(=O)(=O)[O-].[Ag+]. The minimum Gasteiger partial charge on any atom is -0.748 e. The summed E-state index contributed by atoms with van der Waals surface area (Å²) in [7, 11) is -0.350. The van der Waals surface area contributed by atoms with Crippen molar-refractivity contribution >= 4 is 18.7 Å². The van der Waals surface area contributed by atoms with Crippen molar-refractivity contribution in [2.75, 3.05) is 27.6 Å². The summed E-state index contributed by atoms with van der Waals surface area (Å²) >= 11 is 0. The Balaban J connectivity index is -0.000000150. The average molecular weight is 327 g/mol. The van der Waals surface area contributed by atoms with Gasteiger partial charge in [-0.1, -0.05) is 0 Å². The van der Waals surface area contributed by atoms with Crippen LogP contribution in [0.5, 0.6) is 0 Å². The maximum Gasteiger partial charge on any atom is 1.00 e. The fourth-order valence-electron chi connectivity index (χ4n) is 0.224. The van der Waals surface area contributed by atoms with Crippen molar-refractivity contribution in [3.63, 3.8) is 0 Å². The van der Waals surface area contributed by atoms with Gasteiger partial charge in [0.2, 0.25) is 0 Å². The Labute approximate surface area is 95.2 Å². The fraction of sp³-hybridized carbons (Fsp3) is 1.00. The molecular formula is C4H12AgO6PS. The Hall–Kier alpha value is 0.960. The van der Waals surface area contributed by atoms with Crippen LogP contribution in [0.15, 0.2) is 0 Å². The van der Waals surface area contributed by atoms with Crippen molar-refractivity contribution in [2.24, 2.45) is 0 Å². The summed E-state index contributed by atoms with van der Waals surface area (Å²) in [5.41, 5.74) is 0. The molecule has 0 aliphatic carbocycles. The molecule has 0 aromatic rings. The maximum atomic E-state index is 9.08. The van der Waals surface area contributed by atoms with E-state index < -0.39 is 18.7 Å². The molecule has 0 bridgehead atoms. The molecule has 0 radical (unpaired) electrons. The number of hydrogen-bond acceptors (Lipinski definition) is 6. The number of hydrogen-bond donors (Lipinski definition) is 0. The Morgan fingerprint density at radius 1 is 1.08 bits per heavy atom. The molecule has 13 heavy (non-hydrogen) atoms. The van der Waals surface area contributed by atoms with Crippen LogP contribution in [0, 0.1) is 0 Å². The van der Waals surface area contributed by atoms with Gasteiger partial charge in [-0.2, -0.15) is 0 Å². The van der Waals surface area contributed by atoms with Crippen LogP contribution in [0.2, 0.25) is 0 Å². The first kappa shape index (κ1) is 19.5. The van der Waals surface area contributed by atoms with Crippen LogP contribution in [0.3, 0.4) is 0 Å². The van der Waals surface area contributed by atoms with Crippen molar-refractivity contribution in [3.8, 4) is 0 Å². The van der Waals surface area contributed by atoms with Crippen molar-refractivity contribution in [1.82, 2.24) is 0 Å². The molecule has 0 saturated heterocycles. The predicted molar refractivity (Wildman–Crippen MR) is 43.6 cm³/mol. The van der Waals surface area contributed by atoms with Gasteiger partial charge in [0.05, 0.1) is 10.1 Å². The van der Waals surface area contributed by atoms with Gasteiger partial charge in [-0.25, -0.2) is 8.42 Å². The third kappa shape index (κ3) is 32.1. The third-order valence-corrected chi connectivity index (χ3v) is 1.34. The summed E-state index contributed by atoms with van der Waals surface area (Å²) in [4.78, 5) is 0. The zero-order chi connectivity index (χ0) is 10.2. The van der Waals surface area contributed by atoms with Gasteiger partial charge in [-0.05, 0) is 0 Å². The fourth-order valence-corrected chi connectivity index (χ4v) is 0.671. The normalized spacial score (nSPS) is 10.0. The van der Waals surface area contributed by atoms with Crippen LogP contribution in [0.1, 0.15) is 0 Å². The molecule has 0 heterocycles. The Kier molecular flexibility index (Phi) is 16.6. The summed E-state index contributed by atoms with van der Waals surface area (Å²) in [6.07, 6.45) is 0.604. The quantitative estimate of drug-likeness (QED) is 0.421. The largest absolute Gasteiger partial charge is 1.00 e. The summed E-state index contributed by atoms with van der Waals surface area (Å²) in [6.45, 7) is 0. The van der Waals surface area contributed by atoms with E-state index >= 15 is 0 Å². The zero-order valence-electron chi connectivity index (χ0n) is 7.61. The van der Waals surface area contributed by atoms with Gasteiger partial charge >= 0.3 is 31.0 Å². The first-order valence-corrected chi connectivity index (χ1v) is 5.59. The molecule has 0 aliphatic rings. The van der Waals surface area contributed by atoms with Gasteiger partial charge in [0.15, 0.2) is 0 Å². The van der Waals surface area contributed by atoms with E-state index in [1.807, 2.05) is 0 Å². The minimum absolute atomic E-state index is 0. The van der Waals surface area contributed by atoms with Gasteiger partial charge in [-0.15, -0.1) is 0 Å². The first-order chi connectivity index (χ1) is 5.35. The van der Waals surface area contributed by atoms with E-state index in [9.17, 15) is 0 Å². The van der Waals surface area contributed by atoms with E-state index in [1.165, 1.54) is 0 Å². The van der Waals surface area contributed by atoms with Gasteiger partial charge in [-0.3, -0.25) is 0 Å². The van der Waals surface area contributed by atoms with E-state index in [2.05, 4.69) is 13.6 Å². The van der Waals surface area contributed by atoms with Crippen molar-refractivity contribution in [2.45, 2.75) is 0 Å². The van der Waals surface area contributed by atoms with Crippen LogP contribution in [0.25, 0.3) is 0 Å². The molecule has 6 nitrogen and oxygen atoms in total. The molecule has 86 valence electrons. The third-order valence-electron chi connectivity index (χ3n) is 0.447. The summed E-state index contributed by atoms with van der Waals surface area (Å²) in [5, 5.41) is 0. The van der Waals surface area contributed by atoms with Gasteiger partial charge < -0.3 is 18.1 Å². The average Bonchev–Trinajstić information content (AvgIpc) is 1.88. The second-order valence-corrected chi connectivity index (χ2v) is 4.43. The van der Waals surface area contributed by atoms with Gasteiger partial charge in [0.1, 0.15) is 0 Å². The zero-order valence-corrected chi connectivity index (χ0v) is 10.8. The molecule has 0 amide bonds. The standard InChI is InChI=1S/C3H9O3P.CH4O3S.Ag/c1-4-7(5-2)6-3;1-5(2,3)4;/h1-3H3;1H3,(H,2,3,4);/q;;+1/p-1. The molecule has 0 fully saturated rings. The van der Waals surface area contributed by atoms with Crippen molar-refractivity contribution in [3.05, 3.63) is 0 Å². The van der Waals surface area contributed by atoms with E-state index in [4.69, 9.17) is 13.0 Å². The van der Waals surface area contributed by atoms with Crippen molar-refractivity contribution < 1.29 is 48.9 Å². The van der Waals surface area contributed by atoms with E-state index in [0.29, 0.717) is 6.26 Å². The monoisotopic (exact) mass is 326 g/mol. The van der Waals surface area contributed by atoms with Crippen LogP contribution in [-0.2, 0) is 46.1 Å². The summed E-state index contributed by atoms with van der Waals surface area (Å²) in [6, 6.07) is 0. The van der Waals surface area contributed by atoms with E-state index in [1.54, 1.807) is 21.3 Å². The molecule has 0 spiro atoms. The molecule has 0 aromatic heterocycles.